The Hall–Kier alpha value is -1.79. The summed E-state index contributed by atoms with van der Waals surface area (Å²) in [6.45, 7) is 0. The van der Waals surface area contributed by atoms with Gasteiger partial charge in [-0.3, -0.25) is 9.11 Å². The topological polar surface area (TPSA) is 161 Å². The maximum absolute atomic E-state index is 11.2. The van der Waals surface area contributed by atoms with Crippen LogP contribution in [0.25, 0.3) is 0 Å². The summed E-state index contributed by atoms with van der Waals surface area (Å²) in [7, 11) is -8.96. The van der Waals surface area contributed by atoms with Gasteiger partial charge in [0.1, 0.15) is 9.79 Å². The van der Waals surface area contributed by atoms with E-state index in [0.29, 0.717) is 9.79 Å². The first-order valence-corrected chi connectivity index (χ1v) is 9.60. The van der Waals surface area contributed by atoms with Crippen LogP contribution in [0.2, 0.25) is 0 Å². The average Bonchev–Trinajstić information content (AvgIpc) is 2.40. The van der Waals surface area contributed by atoms with E-state index in [-0.39, 0.29) is 11.4 Å². The first-order chi connectivity index (χ1) is 10.5. The molecule has 0 aliphatic heterocycles. The second kappa shape index (κ2) is 6.02. The van der Waals surface area contributed by atoms with Crippen molar-refractivity contribution in [2.24, 2.45) is 0 Å². The van der Waals surface area contributed by atoms with Crippen molar-refractivity contribution >= 4 is 43.4 Å². The summed E-state index contributed by atoms with van der Waals surface area (Å²) in [6.07, 6.45) is 0. The van der Waals surface area contributed by atoms with Gasteiger partial charge >= 0.3 is 0 Å². The van der Waals surface area contributed by atoms with Crippen LogP contribution in [0.15, 0.2) is 56.0 Å². The Morgan fingerprint density at radius 1 is 0.739 bits per heavy atom. The Morgan fingerprint density at radius 2 is 1.09 bits per heavy atom. The van der Waals surface area contributed by atoms with Gasteiger partial charge in [0.25, 0.3) is 20.2 Å². The summed E-state index contributed by atoms with van der Waals surface area (Å²) in [5.74, 6) is 0. The fourth-order valence-corrected chi connectivity index (χ4v) is 4.07. The van der Waals surface area contributed by atoms with E-state index in [1.165, 1.54) is 24.3 Å². The Balaban J connectivity index is 2.45. The van der Waals surface area contributed by atoms with Crippen LogP contribution in [0, 0.1) is 0 Å². The minimum absolute atomic E-state index is 0.118. The molecule has 0 radical (unpaired) electrons. The second-order valence-electron chi connectivity index (χ2n) is 4.45. The highest BCUT2D eigenvalue weighted by Crippen LogP contribution is 2.33. The summed E-state index contributed by atoms with van der Waals surface area (Å²) in [6, 6.07) is 7.90. The van der Waals surface area contributed by atoms with Crippen molar-refractivity contribution < 1.29 is 25.9 Å². The van der Waals surface area contributed by atoms with Crippen molar-refractivity contribution in [2.45, 2.75) is 19.6 Å². The third-order valence-corrected chi connectivity index (χ3v) is 5.56. The lowest BCUT2D eigenvalue weighted by atomic mass is 10.3. The van der Waals surface area contributed by atoms with E-state index in [1.54, 1.807) is 0 Å². The Labute approximate surface area is 137 Å². The summed E-state index contributed by atoms with van der Waals surface area (Å²) in [4.78, 5) is -0.128. The monoisotopic (exact) mass is 376 g/mol. The van der Waals surface area contributed by atoms with Gasteiger partial charge in [0.15, 0.2) is 0 Å². The molecule has 0 bridgehead atoms. The molecule has 0 atom stereocenters. The largest absolute Gasteiger partial charge is 0.398 e. The molecule has 0 aliphatic carbocycles. The molecular weight excluding hydrogens is 364 g/mol. The van der Waals surface area contributed by atoms with Crippen molar-refractivity contribution in [2.75, 3.05) is 11.5 Å². The predicted molar refractivity (Wildman–Crippen MR) is 85.5 cm³/mol. The molecular formula is C12H12N2O6S3. The maximum Gasteiger partial charge on any atom is 0.296 e. The molecule has 0 heterocycles. The van der Waals surface area contributed by atoms with Crippen LogP contribution in [0.3, 0.4) is 0 Å². The normalized spacial score (nSPS) is 12.3. The zero-order chi connectivity index (χ0) is 17.4. The van der Waals surface area contributed by atoms with E-state index in [2.05, 4.69) is 0 Å². The fourth-order valence-electron chi connectivity index (χ4n) is 1.74. The van der Waals surface area contributed by atoms with Crippen LogP contribution in [0.1, 0.15) is 0 Å². The van der Waals surface area contributed by atoms with Crippen LogP contribution >= 0.6 is 11.8 Å². The van der Waals surface area contributed by atoms with Gasteiger partial charge in [-0.1, -0.05) is 11.8 Å². The molecule has 2 rings (SSSR count). The molecule has 2 aromatic rings. The van der Waals surface area contributed by atoms with Gasteiger partial charge in [-0.15, -0.1) is 0 Å². The lowest BCUT2D eigenvalue weighted by Gasteiger charge is -2.08. The lowest BCUT2D eigenvalue weighted by Crippen LogP contribution is -2.03. The van der Waals surface area contributed by atoms with Crippen molar-refractivity contribution in [3.63, 3.8) is 0 Å². The van der Waals surface area contributed by atoms with E-state index in [1.807, 2.05) is 0 Å². The molecule has 23 heavy (non-hydrogen) atoms. The molecule has 6 N–H and O–H groups in total. The van der Waals surface area contributed by atoms with E-state index in [9.17, 15) is 16.8 Å². The smallest absolute Gasteiger partial charge is 0.296 e. The molecule has 11 heteroatoms. The standard InChI is InChI=1S/C12H12N2O6S3/c13-9-3-1-7(5-11(9)22(15,16)17)21-8-2-4-10(14)12(6-8)23(18,19)20/h1-6H,13-14H2,(H,15,16,17)(H,18,19,20). The average molecular weight is 376 g/mol. The van der Waals surface area contributed by atoms with Crippen molar-refractivity contribution in [3.8, 4) is 0 Å². The van der Waals surface area contributed by atoms with E-state index in [0.717, 1.165) is 23.9 Å². The third-order valence-electron chi connectivity index (χ3n) is 2.76. The molecule has 2 aromatic carbocycles. The van der Waals surface area contributed by atoms with E-state index < -0.39 is 30.0 Å². The molecule has 0 spiro atoms. The quantitative estimate of drug-likeness (QED) is 0.457. The number of anilines is 2. The van der Waals surface area contributed by atoms with Gasteiger partial charge in [0, 0.05) is 9.79 Å². The van der Waals surface area contributed by atoms with Gasteiger partial charge in [-0.05, 0) is 36.4 Å². The summed E-state index contributed by atoms with van der Waals surface area (Å²) in [5.41, 5.74) is 10.7. The van der Waals surface area contributed by atoms with Gasteiger partial charge in [-0.25, -0.2) is 0 Å². The molecule has 124 valence electrons. The van der Waals surface area contributed by atoms with E-state index in [4.69, 9.17) is 20.6 Å². The number of hydrogen-bond donors (Lipinski definition) is 4. The number of hydrogen-bond acceptors (Lipinski definition) is 7. The number of nitrogens with two attached hydrogens (primary N) is 2. The molecule has 0 aliphatic rings. The third kappa shape index (κ3) is 4.14. The van der Waals surface area contributed by atoms with Gasteiger partial charge in [0.05, 0.1) is 11.4 Å². The predicted octanol–water partition coefficient (Wildman–Crippen LogP) is 1.50. The molecule has 0 aromatic heterocycles. The zero-order valence-electron chi connectivity index (χ0n) is 11.4. The van der Waals surface area contributed by atoms with Crippen LogP contribution in [0.5, 0.6) is 0 Å². The van der Waals surface area contributed by atoms with Crippen molar-refractivity contribution in [1.29, 1.82) is 0 Å². The van der Waals surface area contributed by atoms with Crippen LogP contribution in [0.4, 0.5) is 11.4 Å². The summed E-state index contributed by atoms with van der Waals surface area (Å²) < 4.78 is 63.1. The highest BCUT2D eigenvalue weighted by atomic mass is 32.2. The zero-order valence-corrected chi connectivity index (χ0v) is 13.8. The fraction of sp³-hybridized carbons (Fsp3) is 0. The first-order valence-electron chi connectivity index (χ1n) is 5.90. The second-order valence-corrected chi connectivity index (χ2v) is 8.38. The van der Waals surface area contributed by atoms with Crippen molar-refractivity contribution in [1.82, 2.24) is 0 Å². The van der Waals surface area contributed by atoms with Crippen LogP contribution in [-0.2, 0) is 20.2 Å². The highest BCUT2D eigenvalue weighted by molar-refractivity contribution is 7.99. The molecule has 0 saturated carbocycles. The molecule has 0 saturated heterocycles. The molecule has 8 nitrogen and oxygen atoms in total. The van der Waals surface area contributed by atoms with Crippen LogP contribution in [-0.4, -0.2) is 25.9 Å². The SMILES string of the molecule is Nc1ccc(Sc2ccc(N)c(S(=O)(=O)O)c2)cc1S(=O)(=O)O. The lowest BCUT2D eigenvalue weighted by molar-refractivity contribution is 0.481. The van der Waals surface area contributed by atoms with Gasteiger partial charge < -0.3 is 11.5 Å². The Morgan fingerprint density at radius 3 is 1.39 bits per heavy atom. The summed E-state index contributed by atoms with van der Waals surface area (Å²) in [5, 5.41) is 0. The molecule has 0 unspecified atom stereocenters. The van der Waals surface area contributed by atoms with Gasteiger partial charge in [-0.2, -0.15) is 16.8 Å². The Kier molecular flexibility index (Phi) is 4.59. The molecule has 0 fully saturated rings. The number of nitrogen functional groups attached to an aromatic ring is 2. The van der Waals surface area contributed by atoms with E-state index >= 15 is 0 Å². The minimum atomic E-state index is -4.48. The summed E-state index contributed by atoms with van der Waals surface area (Å²) >= 11 is 1.00. The van der Waals surface area contributed by atoms with Crippen LogP contribution < -0.4 is 11.5 Å². The first kappa shape index (κ1) is 17.6. The number of benzene rings is 2. The number of rotatable bonds is 4. The highest BCUT2D eigenvalue weighted by Gasteiger charge is 2.17. The maximum atomic E-state index is 11.2. The van der Waals surface area contributed by atoms with Gasteiger partial charge in [0.2, 0.25) is 0 Å². The minimum Gasteiger partial charge on any atom is -0.398 e. The molecule has 0 amide bonds. The Bertz CT molecular complexity index is 891. The van der Waals surface area contributed by atoms with Crippen molar-refractivity contribution in [3.05, 3.63) is 36.4 Å².